The quantitative estimate of drug-likeness (QED) is 0.611. The molecule has 0 spiro atoms. The van der Waals surface area contributed by atoms with Crippen LogP contribution in [0.1, 0.15) is 29.5 Å². The van der Waals surface area contributed by atoms with Gasteiger partial charge in [0.15, 0.2) is 12.8 Å². The van der Waals surface area contributed by atoms with Crippen molar-refractivity contribution < 1.29 is 18.3 Å². The number of nitrogens with zero attached hydrogens (tertiary/aromatic N) is 1. The third kappa shape index (κ3) is 3.94. The van der Waals surface area contributed by atoms with E-state index in [9.17, 15) is 8.78 Å². The van der Waals surface area contributed by atoms with Crippen molar-refractivity contribution in [2.45, 2.75) is 31.4 Å². The van der Waals surface area contributed by atoms with Crippen LogP contribution in [0.25, 0.3) is 0 Å². The molecule has 0 aromatic heterocycles. The van der Waals surface area contributed by atoms with Crippen molar-refractivity contribution in [3.63, 3.8) is 0 Å². The van der Waals surface area contributed by atoms with Crippen LogP contribution in [0.15, 0.2) is 41.4 Å². The summed E-state index contributed by atoms with van der Waals surface area (Å²) >= 11 is 0. The van der Waals surface area contributed by atoms with E-state index in [0.717, 1.165) is 18.4 Å². The van der Waals surface area contributed by atoms with Crippen molar-refractivity contribution >= 4 is 5.96 Å². The predicted molar refractivity (Wildman–Crippen MR) is 102 cm³/mol. The molecule has 2 aliphatic rings. The van der Waals surface area contributed by atoms with Gasteiger partial charge in [-0.05, 0) is 42.7 Å². The minimum atomic E-state index is -0.323. The summed E-state index contributed by atoms with van der Waals surface area (Å²) in [5.74, 6) is 0.726. The second kappa shape index (κ2) is 7.75. The Balaban J connectivity index is 1.39. The van der Waals surface area contributed by atoms with Crippen LogP contribution in [-0.2, 0) is 23.3 Å². The Morgan fingerprint density at radius 1 is 1.14 bits per heavy atom. The number of ether oxygens (including phenoxy) is 2. The molecule has 2 aromatic carbocycles. The molecule has 1 aliphatic carbocycles. The van der Waals surface area contributed by atoms with Gasteiger partial charge in [0.05, 0.1) is 6.61 Å². The number of hydrogen-bond donors (Lipinski definition) is 2. The number of benzene rings is 2. The molecule has 0 amide bonds. The fourth-order valence-corrected chi connectivity index (χ4v) is 3.58. The average molecular weight is 387 g/mol. The van der Waals surface area contributed by atoms with Crippen molar-refractivity contribution in [2.24, 2.45) is 4.99 Å². The first-order valence-corrected chi connectivity index (χ1v) is 9.32. The van der Waals surface area contributed by atoms with Gasteiger partial charge in [0.1, 0.15) is 17.4 Å². The Morgan fingerprint density at radius 3 is 2.75 bits per heavy atom. The fraction of sp³-hybridized carbons (Fsp3) is 0.381. The minimum Gasteiger partial charge on any atom is -0.467 e. The molecule has 0 unspecified atom stereocenters. The highest BCUT2D eigenvalue weighted by atomic mass is 19.1. The third-order valence-electron chi connectivity index (χ3n) is 5.31. The van der Waals surface area contributed by atoms with Gasteiger partial charge in [0, 0.05) is 36.7 Å². The smallest absolute Gasteiger partial charge is 0.191 e. The second-order valence-electron chi connectivity index (χ2n) is 7.23. The summed E-state index contributed by atoms with van der Waals surface area (Å²) in [4.78, 5) is 4.24. The van der Waals surface area contributed by atoms with E-state index < -0.39 is 0 Å². The van der Waals surface area contributed by atoms with E-state index in [-0.39, 0.29) is 23.8 Å². The highest BCUT2D eigenvalue weighted by Crippen LogP contribution is 2.47. The van der Waals surface area contributed by atoms with E-state index in [0.29, 0.717) is 42.5 Å². The monoisotopic (exact) mass is 387 g/mol. The zero-order chi connectivity index (χ0) is 19.6. The lowest BCUT2D eigenvalue weighted by Gasteiger charge is -2.22. The standard InChI is InChI=1S/C21H23F2N3O2/c1-24-20(26-12-21(5-6-21)16-3-2-4-17(22)9-16)25-10-14-7-18(23)8-15-11-27-13-28-19(14)15/h2-4,7-9H,5-6,10-13H2,1H3,(H2,24,25,26). The van der Waals surface area contributed by atoms with Crippen molar-refractivity contribution in [1.82, 2.24) is 10.6 Å². The van der Waals surface area contributed by atoms with E-state index in [1.54, 1.807) is 19.2 Å². The van der Waals surface area contributed by atoms with Gasteiger partial charge in [0.25, 0.3) is 0 Å². The fourth-order valence-electron chi connectivity index (χ4n) is 3.58. The van der Waals surface area contributed by atoms with Gasteiger partial charge in [-0.3, -0.25) is 4.99 Å². The summed E-state index contributed by atoms with van der Waals surface area (Å²) < 4.78 is 38.2. The zero-order valence-corrected chi connectivity index (χ0v) is 15.7. The van der Waals surface area contributed by atoms with Gasteiger partial charge in [-0.25, -0.2) is 8.78 Å². The van der Waals surface area contributed by atoms with Crippen LogP contribution >= 0.6 is 0 Å². The molecule has 28 heavy (non-hydrogen) atoms. The van der Waals surface area contributed by atoms with E-state index in [2.05, 4.69) is 15.6 Å². The minimum absolute atomic E-state index is 0.0574. The summed E-state index contributed by atoms with van der Waals surface area (Å²) in [6.45, 7) is 1.52. The van der Waals surface area contributed by atoms with Gasteiger partial charge in [-0.1, -0.05) is 12.1 Å². The first-order valence-electron chi connectivity index (χ1n) is 9.32. The number of guanidine groups is 1. The molecule has 0 atom stereocenters. The van der Waals surface area contributed by atoms with Crippen LogP contribution in [0.2, 0.25) is 0 Å². The van der Waals surface area contributed by atoms with Gasteiger partial charge in [-0.15, -0.1) is 0 Å². The SMILES string of the molecule is CN=C(NCc1cc(F)cc2c1OCOC2)NCC1(c2cccc(F)c2)CC1. The van der Waals surface area contributed by atoms with Gasteiger partial charge >= 0.3 is 0 Å². The molecule has 1 aliphatic heterocycles. The summed E-state index contributed by atoms with van der Waals surface area (Å²) in [6.07, 6.45) is 2.01. The van der Waals surface area contributed by atoms with Gasteiger partial charge in [-0.2, -0.15) is 0 Å². The Morgan fingerprint density at radius 2 is 2.00 bits per heavy atom. The molecule has 5 nitrogen and oxygen atoms in total. The van der Waals surface area contributed by atoms with Crippen LogP contribution in [0.4, 0.5) is 8.78 Å². The van der Waals surface area contributed by atoms with Crippen LogP contribution in [0, 0.1) is 11.6 Å². The average Bonchev–Trinajstić information content (AvgIpc) is 3.49. The Bertz CT molecular complexity index is 897. The number of fused-ring (bicyclic) bond motifs is 1. The predicted octanol–water partition coefficient (Wildman–Crippen LogP) is 3.23. The van der Waals surface area contributed by atoms with E-state index >= 15 is 0 Å². The lowest BCUT2D eigenvalue weighted by Crippen LogP contribution is -2.41. The molecule has 2 N–H and O–H groups in total. The molecule has 2 aromatic rings. The summed E-state index contributed by atoms with van der Waals surface area (Å²) in [7, 11) is 1.68. The lowest BCUT2D eigenvalue weighted by molar-refractivity contribution is -0.0172. The number of nitrogens with one attached hydrogen (secondary N) is 2. The molecule has 1 saturated carbocycles. The molecular weight excluding hydrogens is 364 g/mol. The first kappa shape index (κ1) is 18.7. The van der Waals surface area contributed by atoms with Crippen molar-refractivity contribution in [3.05, 3.63) is 64.7 Å². The maximum atomic E-state index is 13.9. The molecule has 0 saturated heterocycles. The second-order valence-corrected chi connectivity index (χ2v) is 7.23. The van der Waals surface area contributed by atoms with E-state index in [1.807, 2.05) is 6.07 Å². The molecule has 1 fully saturated rings. The molecule has 148 valence electrons. The van der Waals surface area contributed by atoms with Gasteiger partial charge < -0.3 is 20.1 Å². The zero-order valence-electron chi connectivity index (χ0n) is 15.7. The summed E-state index contributed by atoms with van der Waals surface area (Å²) in [5.41, 5.74) is 2.36. The normalized spacial score (nSPS) is 17.5. The molecular formula is C21H23F2N3O2. The number of rotatable bonds is 5. The number of aliphatic imine (C=N–C) groups is 1. The van der Waals surface area contributed by atoms with Crippen molar-refractivity contribution in [2.75, 3.05) is 20.4 Å². The Kier molecular flexibility index (Phi) is 5.17. The topological polar surface area (TPSA) is 54.9 Å². The third-order valence-corrected chi connectivity index (χ3v) is 5.31. The lowest BCUT2D eigenvalue weighted by atomic mass is 9.96. The van der Waals surface area contributed by atoms with Gasteiger partial charge in [0.2, 0.25) is 0 Å². The largest absolute Gasteiger partial charge is 0.467 e. The van der Waals surface area contributed by atoms with Crippen molar-refractivity contribution in [3.8, 4) is 5.75 Å². The maximum absolute atomic E-state index is 13.9. The van der Waals surface area contributed by atoms with E-state index in [4.69, 9.17) is 9.47 Å². The molecule has 7 heteroatoms. The van der Waals surface area contributed by atoms with E-state index in [1.165, 1.54) is 18.2 Å². The molecule has 1 heterocycles. The maximum Gasteiger partial charge on any atom is 0.191 e. The first-order chi connectivity index (χ1) is 13.6. The van der Waals surface area contributed by atoms with Crippen LogP contribution in [0.3, 0.4) is 0 Å². The highest BCUT2D eigenvalue weighted by Gasteiger charge is 2.44. The summed E-state index contributed by atoms with van der Waals surface area (Å²) in [5, 5.41) is 6.52. The van der Waals surface area contributed by atoms with Crippen LogP contribution in [-0.4, -0.2) is 26.3 Å². The number of hydrogen-bond acceptors (Lipinski definition) is 3. The molecule has 4 rings (SSSR count). The highest BCUT2D eigenvalue weighted by molar-refractivity contribution is 5.80. The van der Waals surface area contributed by atoms with Crippen LogP contribution in [0.5, 0.6) is 5.75 Å². The Labute approximate surface area is 162 Å². The number of halogens is 2. The molecule has 0 radical (unpaired) electrons. The molecule has 0 bridgehead atoms. The van der Waals surface area contributed by atoms with Crippen LogP contribution < -0.4 is 15.4 Å². The van der Waals surface area contributed by atoms with Crippen molar-refractivity contribution in [1.29, 1.82) is 0 Å². The summed E-state index contributed by atoms with van der Waals surface area (Å²) in [6, 6.07) is 9.66. The Hall–Kier alpha value is -2.67.